The van der Waals surface area contributed by atoms with Crippen LogP contribution in [0.15, 0.2) is 47.3 Å². The van der Waals surface area contributed by atoms with E-state index in [1.54, 1.807) is 25.1 Å². The number of nitrogens with zero attached hydrogens (tertiary/aromatic N) is 3. The van der Waals surface area contributed by atoms with Crippen molar-refractivity contribution < 1.29 is 9.72 Å². The summed E-state index contributed by atoms with van der Waals surface area (Å²) >= 11 is 0. The summed E-state index contributed by atoms with van der Waals surface area (Å²) in [4.78, 5) is 44.8. The van der Waals surface area contributed by atoms with Crippen LogP contribution in [0.2, 0.25) is 0 Å². The van der Waals surface area contributed by atoms with E-state index in [0.29, 0.717) is 41.1 Å². The first-order valence-corrected chi connectivity index (χ1v) is 10.6. The largest absolute Gasteiger partial charge is 0.326 e. The van der Waals surface area contributed by atoms with Crippen molar-refractivity contribution in [2.24, 2.45) is 0 Å². The van der Waals surface area contributed by atoms with Crippen molar-refractivity contribution in [3.05, 3.63) is 74.3 Å². The fourth-order valence-electron chi connectivity index (χ4n) is 3.48. The van der Waals surface area contributed by atoms with Gasteiger partial charge in [0.15, 0.2) is 0 Å². The molecule has 1 heterocycles. The Bertz CT molecular complexity index is 1190. The number of benzene rings is 2. The number of H-pyrrole nitrogens is 1. The first-order chi connectivity index (χ1) is 15.3. The van der Waals surface area contributed by atoms with Gasteiger partial charge in [-0.25, -0.2) is 4.98 Å². The molecule has 0 aliphatic carbocycles. The molecular formula is C23H27N5O4. The molecule has 0 saturated heterocycles. The molecule has 0 radical (unpaired) electrons. The van der Waals surface area contributed by atoms with Crippen LogP contribution in [0.1, 0.15) is 38.1 Å². The highest BCUT2D eigenvalue weighted by molar-refractivity contribution is 5.91. The number of hydrogen-bond donors (Lipinski definition) is 2. The zero-order valence-corrected chi connectivity index (χ0v) is 18.4. The van der Waals surface area contributed by atoms with Crippen LogP contribution in [0, 0.1) is 17.0 Å². The van der Waals surface area contributed by atoms with Gasteiger partial charge in [0.25, 0.3) is 11.2 Å². The number of nitro groups is 1. The minimum Gasteiger partial charge on any atom is -0.326 e. The standard InChI is InChI=1S/C23H27N5O4/c1-4-16(3)27(14-21-24-20-8-6-5-7-18(20)23(30)26-21)12-11-22(29)25-19-10-9-17(28(31)32)13-15(19)2/h5-10,13,16H,4,11-12,14H2,1-3H3,(H,25,29)(H,24,26,30). The number of rotatable bonds is 9. The highest BCUT2D eigenvalue weighted by atomic mass is 16.6. The summed E-state index contributed by atoms with van der Waals surface area (Å²) in [6.45, 7) is 6.74. The van der Waals surface area contributed by atoms with Gasteiger partial charge >= 0.3 is 0 Å². The molecule has 168 valence electrons. The number of non-ortho nitro benzene ring substituents is 1. The van der Waals surface area contributed by atoms with Gasteiger partial charge in [0.05, 0.1) is 22.4 Å². The molecule has 32 heavy (non-hydrogen) atoms. The molecule has 0 aliphatic heterocycles. The van der Waals surface area contributed by atoms with E-state index in [1.165, 1.54) is 12.1 Å². The summed E-state index contributed by atoms with van der Waals surface area (Å²) < 4.78 is 0. The van der Waals surface area contributed by atoms with Gasteiger partial charge in [-0.2, -0.15) is 0 Å². The van der Waals surface area contributed by atoms with Crippen molar-refractivity contribution in [3.8, 4) is 0 Å². The van der Waals surface area contributed by atoms with Gasteiger partial charge in [-0.05, 0) is 44.0 Å². The van der Waals surface area contributed by atoms with E-state index in [2.05, 4.69) is 34.0 Å². The molecular weight excluding hydrogens is 410 g/mol. The first kappa shape index (κ1) is 23.1. The minimum absolute atomic E-state index is 0.0136. The van der Waals surface area contributed by atoms with Gasteiger partial charge in [-0.1, -0.05) is 19.1 Å². The van der Waals surface area contributed by atoms with E-state index in [1.807, 2.05) is 12.1 Å². The number of aryl methyl sites for hydroxylation is 1. The Labute approximate surface area is 185 Å². The second-order valence-electron chi connectivity index (χ2n) is 7.81. The van der Waals surface area contributed by atoms with Crippen molar-refractivity contribution in [1.29, 1.82) is 0 Å². The Morgan fingerprint density at radius 2 is 2.03 bits per heavy atom. The lowest BCUT2D eigenvalue weighted by atomic mass is 10.1. The molecule has 2 N–H and O–H groups in total. The predicted molar refractivity (Wildman–Crippen MR) is 124 cm³/mol. The molecule has 0 spiro atoms. The van der Waals surface area contributed by atoms with E-state index in [0.717, 1.165) is 6.42 Å². The lowest BCUT2D eigenvalue weighted by Crippen LogP contribution is -2.36. The molecule has 1 amide bonds. The topological polar surface area (TPSA) is 121 Å². The van der Waals surface area contributed by atoms with Crippen LogP contribution in [0.4, 0.5) is 11.4 Å². The third kappa shape index (κ3) is 5.55. The van der Waals surface area contributed by atoms with Crippen molar-refractivity contribution in [1.82, 2.24) is 14.9 Å². The highest BCUT2D eigenvalue weighted by Crippen LogP contribution is 2.21. The third-order valence-electron chi connectivity index (χ3n) is 5.55. The molecule has 0 aliphatic rings. The van der Waals surface area contributed by atoms with Crippen LogP contribution >= 0.6 is 0 Å². The molecule has 9 nitrogen and oxygen atoms in total. The maximum Gasteiger partial charge on any atom is 0.269 e. The average Bonchev–Trinajstić information content (AvgIpc) is 2.77. The fraction of sp³-hybridized carbons (Fsp3) is 0.348. The monoisotopic (exact) mass is 437 g/mol. The number of aromatic nitrogens is 2. The molecule has 1 unspecified atom stereocenters. The van der Waals surface area contributed by atoms with Crippen molar-refractivity contribution in [3.63, 3.8) is 0 Å². The smallest absolute Gasteiger partial charge is 0.269 e. The number of nitro benzene ring substituents is 1. The van der Waals surface area contributed by atoms with Gasteiger partial charge < -0.3 is 10.3 Å². The Balaban J connectivity index is 1.68. The Morgan fingerprint density at radius 1 is 1.28 bits per heavy atom. The van der Waals surface area contributed by atoms with Crippen molar-refractivity contribution >= 4 is 28.2 Å². The molecule has 1 aromatic heterocycles. The highest BCUT2D eigenvalue weighted by Gasteiger charge is 2.17. The lowest BCUT2D eigenvalue weighted by molar-refractivity contribution is -0.384. The fourth-order valence-corrected chi connectivity index (χ4v) is 3.48. The van der Waals surface area contributed by atoms with Gasteiger partial charge in [-0.15, -0.1) is 0 Å². The van der Waals surface area contributed by atoms with E-state index in [9.17, 15) is 19.7 Å². The third-order valence-corrected chi connectivity index (χ3v) is 5.55. The van der Waals surface area contributed by atoms with Crippen LogP contribution in [-0.4, -0.2) is 38.3 Å². The molecule has 9 heteroatoms. The molecule has 2 aromatic carbocycles. The van der Waals surface area contributed by atoms with Gasteiger partial charge in [-0.3, -0.25) is 24.6 Å². The summed E-state index contributed by atoms with van der Waals surface area (Å²) in [6.07, 6.45) is 1.11. The van der Waals surface area contributed by atoms with Gasteiger partial charge in [0, 0.05) is 36.8 Å². The first-order valence-electron chi connectivity index (χ1n) is 10.6. The number of hydrogen-bond acceptors (Lipinski definition) is 6. The SMILES string of the molecule is CCC(C)N(CCC(=O)Nc1ccc([N+](=O)[O-])cc1C)Cc1nc2ccccc2c(=O)[nH]1. The van der Waals surface area contributed by atoms with E-state index >= 15 is 0 Å². The van der Waals surface area contributed by atoms with Crippen LogP contribution in [0.5, 0.6) is 0 Å². The molecule has 0 saturated carbocycles. The minimum atomic E-state index is -0.465. The summed E-state index contributed by atoms with van der Waals surface area (Å²) in [5, 5.41) is 14.3. The molecule has 1 atom stereocenters. The zero-order valence-electron chi connectivity index (χ0n) is 18.4. The van der Waals surface area contributed by atoms with Crippen LogP contribution in [-0.2, 0) is 11.3 Å². The van der Waals surface area contributed by atoms with Crippen LogP contribution < -0.4 is 10.9 Å². The maximum absolute atomic E-state index is 12.5. The average molecular weight is 438 g/mol. The lowest BCUT2D eigenvalue weighted by Gasteiger charge is -2.27. The van der Waals surface area contributed by atoms with E-state index in [4.69, 9.17) is 0 Å². The van der Waals surface area contributed by atoms with Crippen molar-refractivity contribution in [2.75, 3.05) is 11.9 Å². The Hall–Kier alpha value is -3.59. The number of nitrogens with one attached hydrogen (secondary N) is 2. The summed E-state index contributed by atoms with van der Waals surface area (Å²) in [5.74, 6) is 0.371. The summed E-state index contributed by atoms with van der Waals surface area (Å²) in [7, 11) is 0. The number of para-hydroxylation sites is 1. The quantitative estimate of drug-likeness (QED) is 0.388. The predicted octanol–water partition coefficient (Wildman–Crippen LogP) is 3.77. The number of fused-ring (bicyclic) bond motifs is 1. The maximum atomic E-state index is 12.5. The summed E-state index contributed by atoms with van der Waals surface area (Å²) in [6, 6.07) is 11.7. The summed E-state index contributed by atoms with van der Waals surface area (Å²) in [5.41, 5.74) is 1.63. The second kappa shape index (κ2) is 10.1. The Morgan fingerprint density at radius 3 is 2.72 bits per heavy atom. The second-order valence-corrected chi connectivity index (χ2v) is 7.81. The van der Waals surface area contributed by atoms with Gasteiger partial charge in [0.2, 0.25) is 5.91 Å². The van der Waals surface area contributed by atoms with E-state index < -0.39 is 4.92 Å². The van der Waals surface area contributed by atoms with Gasteiger partial charge in [0.1, 0.15) is 5.82 Å². The number of anilines is 1. The number of carbonyl (C=O) groups is 1. The Kier molecular flexibility index (Phi) is 7.32. The number of amides is 1. The van der Waals surface area contributed by atoms with Crippen LogP contribution in [0.3, 0.4) is 0 Å². The normalized spacial score (nSPS) is 12.1. The van der Waals surface area contributed by atoms with Crippen molar-refractivity contribution in [2.45, 2.75) is 46.2 Å². The molecule has 0 bridgehead atoms. The molecule has 3 rings (SSSR count). The van der Waals surface area contributed by atoms with Crippen LogP contribution in [0.25, 0.3) is 10.9 Å². The molecule has 0 fully saturated rings. The zero-order chi connectivity index (χ0) is 23.3. The molecule has 3 aromatic rings. The van der Waals surface area contributed by atoms with E-state index in [-0.39, 0.29) is 29.6 Å². The number of carbonyl (C=O) groups excluding carboxylic acids is 1. The number of aromatic amines is 1.